The molecule has 170 valence electrons. The lowest BCUT2D eigenvalue weighted by atomic mass is 9.60. The topological polar surface area (TPSA) is 81.4 Å². The third kappa shape index (κ3) is 3.90. The molecule has 2 heterocycles. The number of nitrogens with one attached hydrogen (secondary N) is 1. The van der Waals surface area contributed by atoms with Gasteiger partial charge in [-0.25, -0.2) is 9.50 Å². The molecule has 2 aliphatic carbocycles. The summed E-state index contributed by atoms with van der Waals surface area (Å²) in [6, 6.07) is 0.131. The van der Waals surface area contributed by atoms with E-state index in [1.807, 2.05) is 6.92 Å². The second-order valence-electron chi connectivity index (χ2n) is 8.65. The van der Waals surface area contributed by atoms with Gasteiger partial charge in [-0.15, -0.1) is 5.10 Å². The fourth-order valence-corrected chi connectivity index (χ4v) is 5.28. The van der Waals surface area contributed by atoms with Gasteiger partial charge in [-0.3, -0.25) is 4.79 Å². The molecule has 0 saturated heterocycles. The molecule has 0 unspecified atom stereocenters. The van der Waals surface area contributed by atoms with Crippen molar-refractivity contribution < 1.29 is 22.7 Å². The fraction of sp³-hybridized carbons (Fsp3) is 0.714. The monoisotopic (exact) mass is 439 g/mol. The Hall–Kier alpha value is -2.23. The van der Waals surface area contributed by atoms with Gasteiger partial charge in [-0.1, -0.05) is 12.8 Å². The molecule has 7 nitrogen and oxygen atoms in total. The van der Waals surface area contributed by atoms with Crippen molar-refractivity contribution in [2.75, 3.05) is 6.61 Å². The zero-order valence-corrected chi connectivity index (χ0v) is 18.1. The van der Waals surface area contributed by atoms with E-state index >= 15 is 0 Å². The quantitative estimate of drug-likeness (QED) is 0.745. The molecule has 1 N–H and O–H groups in total. The second-order valence-corrected chi connectivity index (χ2v) is 8.65. The summed E-state index contributed by atoms with van der Waals surface area (Å²) in [5.41, 5.74) is 1.86. The molecule has 2 fully saturated rings. The predicted octanol–water partition coefficient (Wildman–Crippen LogP) is 3.55. The normalized spacial score (nSPS) is 22.8. The molecule has 0 aliphatic heterocycles. The van der Waals surface area contributed by atoms with Crippen LogP contribution in [0.1, 0.15) is 68.2 Å². The molecule has 2 saturated carbocycles. The molecular weight excluding hydrogens is 411 g/mol. The number of alkyl halides is 3. The molecule has 2 aromatic rings. The number of halogens is 3. The van der Waals surface area contributed by atoms with E-state index in [1.165, 1.54) is 0 Å². The van der Waals surface area contributed by atoms with E-state index in [0.717, 1.165) is 42.2 Å². The molecule has 0 bridgehead atoms. The largest absolute Gasteiger partial charge is 0.453 e. The maximum atomic E-state index is 12.9. The Kier molecular flexibility index (Phi) is 5.70. The minimum Gasteiger partial charge on any atom is -0.378 e. The van der Waals surface area contributed by atoms with Crippen molar-refractivity contribution in [3.63, 3.8) is 0 Å². The van der Waals surface area contributed by atoms with Crippen LogP contribution in [-0.2, 0) is 22.1 Å². The Morgan fingerprint density at radius 2 is 1.97 bits per heavy atom. The number of nitrogens with zero attached hydrogens (tertiary/aromatic N) is 4. The van der Waals surface area contributed by atoms with Gasteiger partial charge in [0, 0.05) is 35.9 Å². The summed E-state index contributed by atoms with van der Waals surface area (Å²) in [7, 11) is 0. The first kappa shape index (κ1) is 22.0. The van der Waals surface area contributed by atoms with Gasteiger partial charge >= 0.3 is 6.18 Å². The number of hydrogen-bond acceptors (Lipinski definition) is 5. The Balaban J connectivity index is 1.44. The molecule has 1 spiro atoms. The van der Waals surface area contributed by atoms with E-state index in [4.69, 9.17) is 4.74 Å². The number of aromatic nitrogens is 4. The van der Waals surface area contributed by atoms with Crippen LogP contribution in [0, 0.1) is 19.3 Å². The maximum absolute atomic E-state index is 12.9. The highest BCUT2D eigenvalue weighted by atomic mass is 19.4. The summed E-state index contributed by atoms with van der Waals surface area (Å²) in [5.74, 6) is -1.36. The van der Waals surface area contributed by atoms with Gasteiger partial charge in [0.1, 0.15) is 0 Å². The lowest BCUT2D eigenvalue weighted by Gasteiger charge is -2.54. The number of rotatable bonds is 6. The van der Waals surface area contributed by atoms with Crippen molar-refractivity contribution in [1.29, 1.82) is 0 Å². The first-order chi connectivity index (χ1) is 14.7. The number of fused-ring (bicyclic) bond motifs is 1. The molecular formula is C21H28F3N5O2. The van der Waals surface area contributed by atoms with E-state index in [0.29, 0.717) is 24.4 Å². The van der Waals surface area contributed by atoms with Crippen LogP contribution in [0.4, 0.5) is 13.2 Å². The second kappa shape index (κ2) is 8.03. The van der Waals surface area contributed by atoms with Crippen LogP contribution in [0.5, 0.6) is 0 Å². The van der Waals surface area contributed by atoms with Crippen molar-refractivity contribution in [2.45, 2.75) is 84.0 Å². The van der Waals surface area contributed by atoms with Crippen molar-refractivity contribution in [1.82, 2.24) is 24.9 Å². The fourth-order valence-electron chi connectivity index (χ4n) is 5.28. The van der Waals surface area contributed by atoms with Crippen LogP contribution >= 0.6 is 0 Å². The van der Waals surface area contributed by atoms with Crippen molar-refractivity contribution in [2.24, 2.45) is 5.41 Å². The Morgan fingerprint density at radius 1 is 1.26 bits per heavy atom. The molecule has 1 amide bonds. The van der Waals surface area contributed by atoms with E-state index in [1.54, 1.807) is 13.8 Å². The Morgan fingerprint density at radius 3 is 2.61 bits per heavy atom. The standard InChI is InChI=1S/C21H28F3N5O2/c1-4-31-16-11-15(20(16)9-5-6-10-20)26-17(30)8-7-14-12(2)25-19-27-18(21(22,23)24)28-29(19)13(14)3/h15-16H,4-11H2,1-3H3,(H,26,30)/t15-,16+/m0/s1. The summed E-state index contributed by atoms with van der Waals surface area (Å²) in [6.45, 7) is 6.07. The lowest BCUT2D eigenvalue weighted by molar-refractivity contribution is -0.145. The van der Waals surface area contributed by atoms with Gasteiger partial charge in [-0.05, 0) is 52.0 Å². The number of aryl methyl sites for hydroxylation is 2. The SMILES string of the molecule is CCO[C@@H]1C[C@H](NC(=O)CCc2c(C)nc3nc(C(F)(F)F)nn3c2C)C12CCCC2. The first-order valence-corrected chi connectivity index (χ1v) is 10.9. The predicted molar refractivity (Wildman–Crippen MR) is 106 cm³/mol. The smallest absolute Gasteiger partial charge is 0.378 e. The average Bonchev–Trinajstić information content (AvgIpc) is 3.35. The highest BCUT2D eigenvalue weighted by molar-refractivity contribution is 5.77. The number of carbonyl (C=O) groups is 1. The van der Waals surface area contributed by atoms with E-state index in [9.17, 15) is 18.0 Å². The average molecular weight is 439 g/mol. The summed E-state index contributed by atoms with van der Waals surface area (Å²) < 4.78 is 45.8. The van der Waals surface area contributed by atoms with Gasteiger partial charge in [0.25, 0.3) is 11.6 Å². The van der Waals surface area contributed by atoms with Crippen LogP contribution in [0.15, 0.2) is 0 Å². The molecule has 0 aromatic carbocycles. The number of ether oxygens (including phenoxy) is 1. The summed E-state index contributed by atoms with van der Waals surface area (Å²) in [6.07, 6.45) is 1.53. The van der Waals surface area contributed by atoms with Crippen molar-refractivity contribution in [3.8, 4) is 0 Å². The maximum Gasteiger partial charge on any atom is 0.453 e. The Bertz CT molecular complexity index is 982. The minimum absolute atomic E-state index is 0.0558. The van der Waals surface area contributed by atoms with Crippen LogP contribution in [0.3, 0.4) is 0 Å². The lowest BCUT2D eigenvalue weighted by Crippen LogP contribution is -2.63. The molecule has 4 rings (SSSR count). The van der Waals surface area contributed by atoms with Gasteiger partial charge < -0.3 is 10.1 Å². The highest BCUT2D eigenvalue weighted by Crippen LogP contribution is 2.54. The molecule has 2 aliphatic rings. The molecule has 10 heteroatoms. The summed E-state index contributed by atoms with van der Waals surface area (Å²) in [5, 5.41) is 6.75. The molecule has 2 atom stereocenters. The zero-order valence-electron chi connectivity index (χ0n) is 18.1. The van der Waals surface area contributed by atoms with Gasteiger partial charge in [0.2, 0.25) is 5.91 Å². The van der Waals surface area contributed by atoms with Gasteiger partial charge in [0.15, 0.2) is 0 Å². The number of hydrogen-bond donors (Lipinski definition) is 1. The van der Waals surface area contributed by atoms with Gasteiger partial charge in [0.05, 0.1) is 6.10 Å². The third-order valence-corrected chi connectivity index (χ3v) is 6.93. The van der Waals surface area contributed by atoms with E-state index in [-0.39, 0.29) is 35.7 Å². The van der Waals surface area contributed by atoms with Crippen LogP contribution in [-0.4, -0.2) is 44.2 Å². The number of carbonyl (C=O) groups excluding carboxylic acids is 1. The van der Waals surface area contributed by atoms with Crippen LogP contribution in [0.25, 0.3) is 5.78 Å². The zero-order chi connectivity index (χ0) is 22.4. The van der Waals surface area contributed by atoms with E-state index < -0.39 is 12.0 Å². The van der Waals surface area contributed by atoms with Crippen LogP contribution in [0.2, 0.25) is 0 Å². The van der Waals surface area contributed by atoms with Crippen LogP contribution < -0.4 is 5.32 Å². The van der Waals surface area contributed by atoms with Crippen molar-refractivity contribution >= 4 is 11.7 Å². The Labute approximate surface area is 178 Å². The molecule has 2 aromatic heterocycles. The van der Waals surface area contributed by atoms with E-state index in [2.05, 4.69) is 20.4 Å². The molecule has 31 heavy (non-hydrogen) atoms. The number of amides is 1. The summed E-state index contributed by atoms with van der Waals surface area (Å²) >= 11 is 0. The molecule has 0 radical (unpaired) electrons. The highest BCUT2D eigenvalue weighted by Gasteiger charge is 2.57. The third-order valence-electron chi connectivity index (χ3n) is 6.93. The van der Waals surface area contributed by atoms with Gasteiger partial charge in [-0.2, -0.15) is 18.2 Å². The minimum atomic E-state index is -4.63. The van der Waals surface area contributed by atoms with Crippen molar-refractivity contribution in [3.05, 3.63) is 22.8 Å². The summed E-state index contributed by atoms with van der Waals surface area (Å²) in [4.78, 5) is 20.3. The first-order valence-electron chi connectivity index (χ1n) is 10.9.